The zero-order chi connectivity index (χ0) is 19.3. The molecule has 150 valence electrons. The first kappa shape index (κ1) is 20.1. The summed E-state index contributed by atoms with van der Waals surface area (Å²) in [7, 11) is -1.62. The van der Waals surface area contributed by atoms with Gasteiger partial charge >= 0.3 is 0 Å². The Labute approximate surface area is 162 Å². The Bertz CT molecular complexity index is 750. The minimum atomic E-state index is -3.35. The highest BCUT2D eigenvalue weighted by Gasteiger charge is 2.30. The van der Waals surface area contributed by atoms with Gasteiger partial charge in [-0.2, -0.15) is 4.31 Å². The topological polar surface area (TPSA) is 83.0 Å². The molecule has 2 saturated heterocycles. The Morgan fingerprint density at radius 2 is 1.89 bits per heavy atom. The molecule has 1 unspecified atom stereocenters. The monoisotopic (exact) mass is 394 g/mol. The number of sulfonamides is 1. The van der Waals surface area contributed by atoms with Gasteiger partial charge in [0.25, 0.3) is 0 Å². The molecule has 1 aromatic carbocycles. The van der Waals surface area contributed by atoms with Crippen LogP contribution in [0.2, 0.25) is 0 Å². The summed E-state index contributed by atoms with van der Waals surface area (Å²) in [6.45, 7) is 5.45. The van der Waals surface area contributed by atoms with Gasteiger partial charge in [0.1, 0.15) is 0 Å². The Morgan fingerprint density at radius 1 is 1.19 bits per heavy atom. The van der Waals surface area contributed by atoms with Crippen molar-refractivity contribution in [3.05, 3.63) is 29.8 Å². The summed E-state index contributed by atoms with van der Waals surface area (Å²) in [4.78, 5) is 4.60. The van der Waals surface area contributed by atoms with Crippen molar-refractivity contribution in [1.29, 1.82) is 0 Å². The molecule has 0 amide bonds. The largest absolute Gasteiger partial charge is 0.373 e. The molecule has 0 radical (unpaired) electrons. The van der Waals surface area contributed by atoms with Crippen LogP contribution in [0.1, 0.15) is 38.2 Å². The SMILES string of the molecule is CN=C(NCc1ccc(S(=O)(=O)N2CCCC2)cc1)NCC1(C)CCCO1. The second-order valence-corrected chi connectivity index (χ2v) is 9.37. The van der Waals surface area contributed by atoms with E-state index in [-0.39, 0.29) is 5.60 Å². The summed E-state index contributed by atoms with van der Waals surface area (Å²) < 4.78 is 32.5. The van der Waals surface area contributed by atoms with Gasteiger partial charge in [0.15, 0.2) is 5.96 Å². The van der Waals surface area contributed by atoms with E-state index in [2.05, 4.69) is 22.5 Å². The zero-order valence-corrected chi connectivity index (χ0v) is 17.0. The third kappa shape index (κ3) is 5.00. The third-order valence-electron chi connectivity index (χ3n) is 5.24. The van der Waals surface area contributed by atoms with Crippen LogP contribution >= 0.6 is 0 Å². The van der Waals surface area contributed by atoms with E-state index in [0.29, 0.717) is 37.0 Å². The lowest BCUT2D eigenvalue weighted by Crippen LogP contribution is -2.45. The maximum atomic E-state index is 12.6. The number of nitrogens with zero attached hydrogens (tertiary/aromatic N) is 2. The molecule has 2 aliphatic rings. The van der Waals surface area contributed by atoms with Gasteiger partial charge < -0.3 is 15.4 Å². The minimum Gasteiger partial charge on any atom is -0.373 e. The van der Waals surface area contributed by atoms with E-state index in [4.69, 9.17) is 4.74 Å². The third-order valence-corrected chi connectivity index (χ3v) is 7.15. The van der Waals surface area contributed by atoms with Gasteiger partial charge in [-0.05, 0) is 50.3 Å². The van der Waals surface area contributed by atoms with Crippen molar-refractivity contribution in [2.75, 3.05) is 33.3 Å². The molecule has 8 heteroatoms. The lowest BCUT2D eigenvalue weighted by molar-refractivity contribution is 0.0243. The Hall–Kier alpha value is -1.64. The van der Waals surface area contributed by atoms with Crippen LogP contribution in [0.5, 0.6) is 0 Å². The molecule has 1 aromatic rings. The standard InChI is InChI=1S/C19H30N4O3S/c1-19(10-5-13-26-19)15-22-18(20-2)21-14-16-6-8-17(9-7-16)27(24,25)23-11-3-4-12-23/h6-9H,3-5,10-15H2,1-2H3,(H2,20,21,22). The molecule has 2 N–H and O–H groups in total. The van der Waals surface area contributed by atoms with Gasteiger partial charge in [0.05, 0.1) is 10.5 Å². The Kier molecular flexibility index (Phi) is 6.39. The maximum absolute atomic E-state index is 12.6. The van der Waals surface area contributed by atoms with Crippen LogP contribution in [-0.4, -0.2) is 57.6 Å². The Balaban J connectivity index is 1.53. The van der Waals surface area contributed by atoms with Crippen LogP contribution in [0, 0.1) is 0 Å². The lowest BCUT2D eigenvalue weighted by atomic mass is 10.0. The van der Waals surface area contributed by atoms with Crippen molar-refractivity contribution in [2.24, 2.45) is 4.99 Å². The number of benzene rings is 1. The van der Waals surface area contributed by atoms with Crippen molar-refractivity contribution in [3.63, 3.8) is 0 Å². The van der Waals surface area contributed by atoms with E-state index in [1.165, 1.54) is 0 Å². The number of aliphatic imine (C=N–C) groups is 1. The molecule has 7 nitrogen and oxygen atoms in total. The predicted molar refractivity (Wildman–Crippen MR) is 106 cm³/mol. The fraction of sp³-hybridized carbons (Fsp3) is 0.632. The summed E-state index contributed by atoms with van der Waals surface area (Å²) in [5, 5.41) is 6.57. The number of nitrogens with one attached hydrogen (secondary N) is 2. The molecule has 0 bridgehead atoms. The lowest BCUT2D eigenvalue weighted by Gasteiger charge is -2.24. The van der Waals surface area contributed by atoms with E-state index >= 15 is 0 Å². The number of guanidine groups is 1. The zero-order valence-electron chi connectivity index (χ0n) is 16.2. The number of hydrogen-bond donors (Lipinski definition) is 2. The van der Waals surface area contributed by atoms with E-state index in [1.54, 1.807) is 23.5 Å². The van der Waals surface area contributed by atoms with Gasteiger partial charge in [0, 0.05) is 39.8 Å². The van der Waals surface area contributed by atoms with Crippen molar-refractivity contribution < 1.29 is 13.2 Å². The van der Waals surface area contributed by atoms with E-state index in [1.807, 2.05) is 12.1 Å². The first-order valence-electron chi connectivity index (χ1n) is 9.61. The molecule has 2 heterocycles. The van der Waals surface area contributed by atoms with Crippen LogP contribution in [0.25, 0.3) is 0 Å². The Morgan fingerprint density at radius 3 is 2.48 bits per heavy atom. The minimum absolute atomic E-state index is 0.136. The molecular formula is C19H30N4O3S. The molecule has 27 heavy (non-hydrogen) atoms. The van der Waals surface area contributed by atoms with Gasteiger partial charge in [-0.3, -0.25) is 4.99 Å². The molecule has 0 aromatic heterocycles. The van der Waals surface area contributed by atoms with Gasteiger partial charge in [-0.15, -0.1) is 0 Å². The number of rotatable bonds is 6. The summed E-state index contributed by atoms with van der Waals surface area (Å²) in [5.41, 5.74) is 0.866. The summed E-state index contributed by atoms with van der Waals surface area (Å²) >= 11 is 0. The van der Waals surface area contributed by atoms with Crippen LogP contribution in [-0.2, 0) is 21.3 Å². The van der Waals surface area contributed by atoms with Gasteiger partial charge in [-0.25, -0.2) is 8.42 Å². The molecule has 1 atom stereocenters. The normalized spacial score (nSPS) is 24.3. The summed E-state index contributed by atoms with van der Waals surface area (Å²) in [5.74, 6) is 0.709. The highest BCUT2D eigenvalue weighted by Crippen LogP contribution is 2.24. The molecule has 2 fully saturated rings. The van der Waals surface area contributed by atoms with E-state index < -0.39 is 10.0 Å². The van der Waals surface area contributed by atoms with Crippen LogP contribution in [0.15, 0.2) is 34.2 Å². The number of ether oxygens (including phenoxy) is 1. The summed E-state index contributed by atoms with van der Waals surface area (Å²) in [6, 6.07) is 7.08. The van der Waals surface area contributed by atoms with Gasteiger partial charge in [-0.1, -0.05) is 12.1 Å². The second kappa shape index (κ2) is 8.58. The van der Waals surface area contributed by atoms with Crippen LogP contribution in [0.3, 0.4) is 0 Å². The first-order valence-corrected chi connectivity index (χ1v) is 11.0. The van der Waals surface area contributed by atoms with Crippen LogP contribution in [0.4, 0.5) is 0 Å². The summed E-state index contributed by atoms with van der Waals surface area (Å²) in [6.07, 6.45) is 4.02. The van der Waals surface area contributed by atoms with E-state index in [9.17, 15) is 8.42 Å². The van der Waals surface area contributed by atoms with Crippen molar-refractivity contribution in [1.82, 2.24) is 14.9 Å². The average Bonchev–Trinajstić information content (AvgIpc) is 3.35. The average molecular weight is 395 g/mol. The quantitative estimate of drug-likeness (QED) is 0.567. The molecular weight excluding hydrogens is 364 g/mol. The van der Waals surface area contributed by atoms with Crippen molar-refractivity contribution in [2.45, 2.75) is 49.6 Å². The van der Waals surface area contributed by atoms with Gasteiger partial charge in [0.2, 0.25) is 10.0 Å². The van der Waals surface area contributed by atoms with Crippen LogP contribution < -0.4 is 10.6 Å². The van der Waals surface area contributed by atoms with Crippen molar-refractivity contribution >= 4 is 16.0 Å². The highest BCUT2D eigenvalue weighted by atomic mass is 32.2. The predicted octanol–water partition coefficient (Wildman–Crippen LogP) is 1.71. The second-order valence-electron chi connectivity index (χ2n) is 7.44. The fourth-order valence-electron chi connectivity index (χ4n) is 3.51. The molecule has 0 saturated carbocycles. The van der Waals surface area contributed by atoms with E-state index in [0.717, 1.165) is 37.9 Å². The highest BCUT2D eigenvalue weighted by molar-refractivity contribution is 7.89. The molecule has 2 aliphatic heterocycles. The molecule has 0 spiro atoms. The maximum Gasteiger partial charge on any atom is 0.243 e. The smallest absolute Gasteiger partial charge is 0.243 e. The molecule has 3 rings (SSSR count). The molecule has 0 aliphatic carbocycles. The first-order chi connectivity index (χ1) is 12.9. The number of hydrogen-bond acceptors (Lipinski definition) is 4. The van der Waals surface area contributed by atoms with Crippen molar-refractivity contribution in [3.8, 4) is 0 Å². The fourth-order valence-corrected chi connectivity index (χ4v) is 5.03.